The van der Waals surface area contributed by atoms with Crippen LogP contribution in [0.4, 0.5) is 8.78 Å². The Labute approximate surface area is 127 Å². The van der Waals surface area contributed by atoms with Crippen LogP contribution in [-0.2, 0) is 0 Å². The maximum absolute atomic E-state index is 14.2. The number of hydrogen-bond acceptors (Lipinski definition) is 1. The Balaban J connectivity index is 1.98. The molecule has 1 aliphatic heterocycles. The standard InChI is InChI=1S/C17H16ClF2N/c18-12-4-5-15(17(20)9-12)14-6-7-21-10-16(14)11-2-1-3-13(19)8-11/h1-5,8-9,14,16,21H,6-7,10H2. The molecule has 1 fully saturated rings. The lowest BCUT2D eigenvalue weighted by molar-refractivity contribution is 0.392. The Hall–Kier alpha value is -1.45. The van der Waals surface area contributed by atoms with Crippen LogP contribution in [0.3, 0.4) is 0 Å². The third-order valence-electron chi connectivity index (χ3n) is 4.12. The van der Waals surface area contributed by atoms with E-state index in [1.54, 1.807) is 24.3 Å². The second-order valence-electron chi connectivity index (χ2n) is 5.43. The van der Waals surface area contributed by atoms with Crippen molar-refractivity contribution in [1.82, 2.24) is 5.32 Å². The van der Waals surface area contributed by atoms with Crippen molar-refractivity contribution in [2.24, 2.45) is 0 Å². The summed E-state index contributed by atoms with van der Waals surface area (Å²) in [5.74, 6) is -0.445. The molecular weight excluding hydrogens is 292 g/mol. The van der Waals surface area contributed by atoms with Gasteiger partial charge in [-0.15, -0.1) is 0 Å². The van der Waals surface area contributed by atoms with Gasteiger partial charge in [0.15, 0.2) is 0 Å². The SMILES string of the molecule is Fc1cccc(C2CNCCC2c2ccc(Cl)cc2F)c1. The number of halogens is 3. The summed E-state index contributed by atoms with van der Waals surface area (Å²) in [5, 5.41) is 3.71. The Morgan fingerprint density at radius 1 is 1.05 bits per heavy atom. The molecule has 0 spiro atoms. The van der Waals surface area contributed by atoms with Crippen LogP contribution in [0.25, 0.3) is 0 Å². The van der Waals surface area contributed by atoms with Crippen molar-refractivity contribution in [2.75, 3.05) is 13.1 Å². The second kappa shape index (κ2) is 6.12. The van der Waals surface area contributed by atoms with Gasteiger partial charge in [-0.3, -0.25) is 0 Å². The van der Waals surface area contributed by atoms with E-state index in [-0.39, 0.29) is 23.5 Å². The molecule has 21 heavy (non-hydrogen) atoms. The van der Waals surface area contributed by atoms with Crippen LogP contribution in [-0.4, -0.2) is 13.1 Å². The summed E-state index contributed by atoms with van der Waals surface area (Å²) in [7, 11) is 0. The maximum Gasteiger partial charge on any atom is 0.128 e. The van der Waals surface area contributed by atoms with E-state index in [2.05, 4.69) is 5.32 Å². The Morgan fingerprint density at radius 2 is 1.90 bits per heavy atom. The van der Waals surface area contributed by atoms with Crippen LogP contribution >= 0.6 is 11.6 Å². The fraction of sp³-hybridized carbons (Fsp3) is 0.294. The highest BCUT2D eigenvalue weighted by atomic mass is 35.5. The van der Waals surface area contributed by atoms with Gasteiger partial charge in [0.2, 0.25) is 0 Å². The van der Waals surface area contributed by atoms with Gasteiger partial charge in [-0.2, -0.15) is 0 Å². The Bertz CT molecular complexity index is 644. The molecule has 0 aliphatic carbocycles. The van der Waals surface area contributed by atoms with Gasteiger partial charge in [-0.1, -0.05) is 29.8 Å². The highest BCUT2D eigenvalue weighted by molar-refractivity contribution is 6.30. The minimum Gasteiger partial charge on any atom is -0.316 e. The summed E-state index contributed by atoms with van der Waals surface area (Å²) in [6.07, 6.45) is 0.819. The van der Waals surface area contributed by atoms with Crippen LogP contribution in [0.2, 0.25) is 5.02 Å². The molecule has 2 unspecified atom stereocenters. The summed E-state index contributed by atoms with van der Waals surface area (Å²) in [4.78, 5) is 0. The lowest BCUT2D eigenvalue weighted by Crippen LogP contribution is -2.34. The third kappa shape index (κ3) is 3.09. The van der Waals surface area contributed by atoms with Gasteiger partial charge >= 0.3 is 0 Å². The first-order valence-corrected chi connectivity index (χ1v) is 7.44. The van der Waals surface area contributed by atoms with E-state index >= 15 is 0 Å². The largest absolute Gasteiger partial charge is 0.316 e. The van der Waals surface area contributed by atoms with Crippen molar-refractivity contribution in [3.05, 3.63) is 70.2 Å². The summed E-state index contributed by atoms with van der Waals surface area (Å²) < 4.78 is 27.7. The predicted octanol–water partition coefficient (Wildman–Crippen LogP) is 4.48. The predicted molar refractivity (Wildman–Crippen MR) is 80.8 cm³/mol. The zero-order valence-corrected chi connectivity index (χ0v) is 12.2. The van der Waals surface area contributed by atoms with Gasteiger partial charge in [-0.25, -0.2) is 8.78 Å². The van der Waals surface area contributed by atoms with E-state index in [0.29, 0.717) is 10.6 Å². The van der Waals surface area contributed by atoms with Crippen molar-refractivity contribution >= 4 is 11.6 Å². The van der Waals surface area contributed by atoms with Gasteiger partial charge < -0.3 is 5.32 Å². The monoisotopic (exact) mass is 307 g/mol. The molecule has 1 heterocycles. The molecule has 0 aromatic heterocycles. The topological polar surface area (TPSA) is 12.0 Å². The minimum absolute atomic E-state index is 0.0327. The molecule has 3 rings (SSSR count). The van der Waals surface area contributed by atoms with Crippen molar-refractivity contribution < 1.29 is 8.78 Å². The van der Waals surface area contributed by atoms with Crippen LogP contribution in [0.1, 0.15) is 29.4 Å². The van der Waals surface area contributed by atoms with E-state index in [1.165, 1.54) is 12.1 Å². The van der Waals surface area contributed by atoms with Crippen LogP contribution in [0.5, 0.6) is 0 Å². The van der Waals surface area contributed by atoms with Crippen molar-refractivity contribution in [3.8, 4) is 0 Å². The van der Waals surface area contributed by atoms with Crippen molar-refractivity contribution in [1.29, 1.82) is 0 Å². The van der Waals surface area contributed by atoms with Gasteiger partial charge in [-0.05, 0) is 54.3 Å². The molecule has 2 atom stereocenters. The number of hydrogen-bond donors (Lipinski definition) is 1. The Morgan fingerprint density at radius 3 is 2.67 bits per heavy atom. The van der Waals surface area contributed by atoms with E-state index in [9.17, 15) is 8.78 Å². The fourth-order valence-corrected chi connectivity index (χ4v) is 3.28. The van der Waals surface area contributed by atoms with Crippen LogP contribution < -0.4 is 5.32 Å². The molecule has 1 aliphatic rings. The number of benzene rings is 2. The van der Waals surface area contributed by atoms with E-state index in [1.807, 2.05) is 6.07 Å². The lowest BCUT2D eigenvalue weighted by atomic mass is 9.77. The molecular formula is C17H16ClF2N. The molecule has 110 valence electrons. The van der Waals surface area contributed by atoms with Gasteiger partial charge in [0, 0.05) is 17.5 Å². The van der Waals surface area contributed by atoms with E-state index < -0.39 is 0 Å². The zero-order valence-electron chi connectivity index (χ0n) is 11.5. The normalized spacial score (nSPS) is 22.2. The van der Waals surface area contributed by atoms with E-state index in [4.69, 9.17) is 11.6 Å². The summed E-state index contributed by atoms with van der Waals surface area (Å²) in [5.41, 5.74) is 1.57. The second-order valence-corrected chi connectivity index (χ2v) is 5.86. The first kappa shape index (κ1) is 14.5. The number of rotatable bonds is 2. The maximum atomic E-state index is 14.2. The molecule has 1 saturated heterocycles. The van der Waals surface area contributed by atoms with Gasteiger partial charge in [0.25, 0.3) is 0 Å². The molecule has 1 N–H and O–H groups in total. The minimum atomic E-state index is -0.282. The highest BCUT2D eigenvalue weighted by Gasteiger charge is 2.29. The molecule has 2 aromatic rings. The smallest absolute Gasteiger partial charge is 0.128 e. The number of piperidine rings is 1. The fourth-order valence-electron chi connectivity index (χ4n) is 3.12. The molecule has 2 aromatic carbocycles. The summed E-state index contributed by atoms with van der Waals surface area (Å²) in [6.45, 7) is 1.55. The molecule has 0 saturated carbocycles. The summed E-state index contributed by atoms with van der Waals surface area (Å²) in [6, 6.07) is 11.4. The molecule has 0 bridgehead atoms. The number of nitrogens with one attached hydrogen (secondary N) is 1. The van der Waals surface area contributed by atoms with Crippen LogP contribution in [0, 0.1) is 11.6 Å². The average Bonchev–Trinajstić information content (AvgIpc) is 2.47. The van der Waals surface area contributed by atoms with Gasteiger partial charge in [0.05, 0.1) is 0 Å². The van der Waals surface area contributed by atoms with Crippen molar-refractivity contribution in [2.45, 2.75) is 18.3 Å². The third-order valence-corrected chi connectivity index (χ3v) is 4.36. The lowest BCUT2D eigenvalue weighted by Gasteiger charge is -2.33. The molecule has 4 heteroatoms. The Kier molecular flexibility index (Phi) is 4.22. The van der Waals surface area contributed by atoms with Crippen molar-refractivity contribution in [3.63, 3.8) is 0 Å². The zero-order chi connectivity index (χ0) is 14.8. The van der Waals surface area contributed by atoms with E-state index in [0.717, 1.165) is 25.1 Å². The average molecular weight is 308 g/mol. The van der Waals surface area contributed by atoms with Gasteiger partial charge in [0.1, 0.15) is 11.6 Å². The summed E-state index contributed by atoms with van der Waals surface area (Å²) >= 11 is 5.83. The van der Waals surface area contributed by atoms with Crippen LogP contribution in [0.15, 0.2) is 42.5 Å². The quantitative estimate of drug-likeness (QED) is 0.862. The first-order chi connectivity index (χ1) is 10.1. The first-order valence-electron chi connectivity index (χ1n) is 7.06. The molecule has 1 nitrogen and oxygen atoms in total. The molecule has 0 radical (unpaired) electrons. The molecule has 0 amide bonds. The highest BCUT2D eigenvalue weighted by Crippen LogP contribution is 2.39.